The number of fused-ring (bicyclic) bond motifs is 1. The predicted molar refractivity (Wildman–Crippen MR) is 142 cm³/mol. The highest BCUT2D eigenvalue weighted by molar-refractivity contribution is 6.31. The summed E-state index contributed by atoms with van der Waals surface area (Å²) in [4.78, 5) is 10.8. The number of aliphatic hydroxyl groups is 2. The minimum absolute atomic E-state index is 0.0869. The molecule has 9 nitrogen and oxygen atoms in total. The van der Waals surface area contributed by atoms with E-state index in [-0.39, 0.29) is 34.1 Å². The zero-order chi connectivity index (χ0) is 26.8. The minimum Gasteiger partial charge on any atom is -0.495 e. The van der Waals surface area contributed by atoms with Crippen LogP contribution >= 0.6 is 11.6 Å². The van der Waals surface area contributed by atoms with Gasteiger partial charge in [-0.15, -0.1) is 0 Å². The Morgan fingerprint density at radius 1 is 1.18 bits per heavy atom. The van der Waals surface area contributed by atoms with E-state index in [1.807, 2.05) is 12.1 Å². The van der Waals surface area contributed by atoms with Gasteiger partial charge in [0.1, 0.15) is 28.6 Å². The average molecular weight is 544 g/mol. The summed E-state index contributed by atoms with van der Waals surface area (Å²) in [5.74, 6) is 0.354. The maximum absolute atomic E-state index is 15.1. The molecule has 11 heteroatoms. The zero-order valence-electron chi connectivity index (χ0n) is 21.2. The number of likely N-dealkylation sites (tertiary alicyclic amines) is 1. The summed E-state index contributed by atoms with van der Waals surface area (Å²) in [6.07, 6.45) is 2.71. The van der Waals surface area contributed by atoms with E-state index in [0.29, 0.717) is 17.9 Å². The van der Waals surface area contributed by atoms with E-state index in [2.05, 4.69) is 32.5 Å². The predicted octanol–water partition coefficient (Wildman–Crippen LogP) is 4.47. The molecule has 2 aliphatic rings. The van der Waals surface area contributed by atoms with Crippen LogP contribution in [0.3, 0.4) is 0 Å². The third-order valence-corrected chi connectivity index (χ3v) is 7.33. The van der Waals surface area contributed by atoms with Gasteiger partial charge in [0, 0.05) is 23.2 Å². The van der Waals surface area contributed by atoms with Gasteiger partial charge in [-0.2, -0.15) is 4.98 Å². The quantitative estimate of drug-likeness (QED) is 0.306. The number of nitrogens with one attached hydrogen (secondary N) is 2. The van der Waals surface area contributed by atoms with Gasteiger partial charge >= 0.3 is 0 Å². The van der Waals surface area contributed by atoms with Crippen LogP contribution in [0.15, 0.2) is 36.5 Å². The summed E-state index contributed by atoms with van der Waals surface area (Å²) in [7, 11) is 3.51. The minimum atomic E-state index is -1.18. The highest BCUT2D eigenvalue weighted by Gasteiger charge is 2.26. The molecule has 2 heterocycles. The number of hydrogen-bond acceptors (Lipinski definition) is 9. The monoisotopic (exact) mass is 543 g/mol. The Kier molecular flexibility index (Phi) is 7.96. The third-order valence-electron chi connectivity index (χ3n) is 7.07. The van der Waals surface area contributed by atoms with Gasteiger partial charge < -0.3 is 29.9 Å². The van der Waals surface area contributed by atoms with E-state index in [1.165, 1.54) is 25.4 Å². The van der Waals surface area contributed by atoms with Crippen molar-refractivity contribution in [3.8, 4) is 17.4 Å². The lowest BCUT2D eigenvalue weighted by Crippen LogP contribution is -2.42. The standard InChI is InChI=1S/C27H31ClFN5O4/c1-34-10-8-16(9-11-34)31-25(36)17-12-23(37-2)20(13-19(17)29)32-27-30-14-18(28)26(33-27)38-22-5-3-4-15-6-7-21(35)24(15)22/h3-5,12-14,16,21,25,31,35-36H,6-11H2,1-2H3,(H,30,32,33). The number of hydrogen-bond donors (Lipinski definition) is 4. The number of aromatic nitrogens is 2. The van der Waals surface area contributed by atoms with Gasteiger partial charge in [-0.05, 0) is 63.5 Å². The van der Waals surface area contributed by atoms with Crippen LogP contribution in [0.5, 0.6) is 17.4 Å². The lowest BCUT2D eigenvalue weighted by molar-refractivity contribution is 0.100. The topological polar surface area (TPSA) is 112 Å². The first-order valence-corrected chi connectivity index (χ1v) is 13.0. The Bertz CT molecular complexity index is 1300. The molecule has 0 amide bonds. The molecule has 1 aromatic heterocycles. The van der Waals surface area contributed by atoms with Crippen molar-refractivity contribution in [1.29, 1.82) is 0 Å². The Balaban J connectivity index is 1.34. The van der Waals surface area contributed by atoms with Crippen molar-refractivity contribution >= 4 is 23.2 Å². The van der Waals surface area contributed by atoms with Crippen molar-refractivity contribution in [2.24, 2.45) is 0 Å². The van der Waals surface area contributed by atoms with E-state index >= 15 is 4.39 Å². The molecular formula is C27H31ClFN5O4. The molecule has 0 spiro atoms. The molecule has 38 heavy (non-hydrogen) atoms. The number of piperidine rings is 1. The molecule has 0 bridgehead atoms. The van der Waals surface area contributed by atoms with Gasteiger partial charge in [0.25, 0.3) is 0 Å². The molecule has 1 fully saturated rings. The van der Waals surface area contributed by atoms with Crippen LogP contribution < -0.4 is 20.1 Å². The summed E-state index contributed by atoms with van der Waals surface area (Å²) in [6, 6.07) is 8.33. The van der Waals surface area contributed by atoms with Gasteiger partial charge in [0.05, 0.1) is 25.1 Å². The number of ether oxygens (including phenoxy) is 2. The first kappa shape index (κ1) is 26.6. The van der Waals surface area contributed by atoms with Crippen LogP contribution in [0.1, 0.15) is 48.3 Å². The normalized spacial score (nSPS) is 18.7. The molecule has 5 rings (SSSR count). The number of aryl methyl sites for hydroxylation is 1. The number of methoxy groups -OCH3 is 1. The molecule has 1 saturated heterocycles. The lowest BCUT2D eigenvalue weighted by atomic mass is 10.0. The first-order valence-electron chi connectivity index (χ1n) is 12.6. The molecule has 2 aromatic carbocycles. The van der Waals surface area contributed by atoms with E-state index < -0.39 is 18.1 Å². The van der Waals surface area contributed by atoms with Crippen LogP contribution in [0.4, 0.5) is 16.0 Å². The van der Waals surface area contributed by atoms with Crippen LogP contribution in [-0.2, 0) is 6.42 Å². The molecule has 2 atom stereocenters. The molecule has 1 aliphatic heterocycles. The summed E-state index contributed by atoms with van der Waals surface area (Å²) < 4.78 is 26.6. The maximum Gasteiger partial charge on any atom is 0.243 e. The molecule has 1 aliphatic carbocycles. The lowest BCUT2D eigenvalue weighted by Gasteiger charge is -2.31. The first-order chi connectivity index (χ1) is 18.3. The number of halogens is 2. The fourth-order valence-electron chi connectivity index (χ4n) is 4.95. The molecule has 202 valence electrons. The van der Waals surface area contributed by atoms with E-state index in [4.69, 9.17) is 21.1 Å². The number of aliphatic hydroxyl groups excluding tert-OH is 2. The maximum atomic E-state index is 15.1. The van der Waals surface area contributed by atoms with Crippen LogP contribution in [0.2, 0.25) is 5.02 Å². The Labute approximate surface area is 225 Å². The molecule has 2 unspecified atom stereocenters. The molecule has 0 saturated carbocycles. The van der Waals surface area contributed by atoms with Crippen LogP contribution in [0, 0.1) is 5.82 Å². The molecular weight excluding hydrogens is 513 g/mol. The van der Waals surface area contributed by atoms with Crippen molar-refractivity contribution in [3.63, 3.8) is 0 Å². The third kappa shape index (κ3) is 5.69. The second-order valence-electron chi connectivity index (χ2n) is 9.68. The van der Waals surface area contributed by atoms with Crippen LogP contribution in [0.25, 0.3) is 0 Å². The van der Waals surface area contributed by atoms with Gasteiger partial charge in [0.2, 0.25) is 11.8 Å². The average Bonchev–Trinajstić information content (AvgIpc) is 3.29. The Hall–Kier alpha value is -3.02. The van der Waals surface area contributed by atoms with Crippen molar-refractivity contribution in [1.82, 2.24) is 20.2 Å². The Morgan fingerprint density at radius 3 is 2.74 bits per heavy atom. The zero-order valence-corrected chi connectivity index (χ0v) is 22.0. The fraction of sp³-hybridized carbons (Fsp3) is 0.407. The SMILES string of the molecule is COc1cc(C(O)NC2CCN(C)CC2)c(F)cc1Nc1ncc(Cl)c(Oc2cccc3c2C(O)CC3)n1. The summed E-state index contributed by atoms with van der Waals surface area (Å²) in [5.41, 5.74) is 2.10. The summed E-state index contributed by atoms with van der Waals surface area (Å²) in [5, 5.41) is 27.3. The highest BCUT2D eigenvalue weighted by atomic mass is 35.5. The second kappa shape index (κ2) is 11.4. The van der Waals surface area contributed by atoms with Crippen molar-refractivity contribution in [2.75, 3.05) is 32.6 Å². The van der Waals surface area contributed by atoms with Crippen LogP contribution in [-0.4, -0.2) is 58.4 Å². The van der Waals surface area contributed by atoms with Crippen molar-refractivity contribution < 1.29 is 24.1 Å². The largest absolute Gasteiger partial charge is 0.495 e. The number of nitrogens with zero attached hydrogens (tertiary/aromatic N) is 3. The van der Waals surface area contributed by atoms with Gasteiger partial charge in [-0.25, -0.2) is 9.37 Å². The number of rotatable bonds is 8. The van der Waals surface area contributed by atoms with Gasteiger partial charge in [0.15, 0.2) is 0 Å². The highest BCUT2D eigenvalue weighted by Crippen LogP contribution is 2.40. The van der Waals surface area contributed by atoms with E-state index in [0.717, 1.165) is 43.5 Å². The van der Waals surface area contributed by atoms with E-state index in [1.54, 1.807) is 6.07 Å². The van der Waals surface area contributed by atoms with Gasteiger partial charge in [-0.3, -0.25) is 5.32 Å². The van der Waals surface area contributed by atoms with Gasteiger partial charge in [-0.1, -0.05) is 23.7 Å². The summed E-state index contributed by atoms with van der Waals surface area (Å²) >= 11 is 6.30. The summed E-state index contributed by atoms with van der Waals surface area (Å²) in [6.45, 7) is 1.83. The van der Waals surface area contributed by atoms with Crippen molar-refractivity contribution in [2.45, 2.75) is 44.1 Å². The fourth-order valence-corrected chi connectivity index (χ4v) is 5.08. The number of benzene rings is 2. The van der Waals surface area contributed by atoms with Crippen molar-refractivity contribution in [3.05, 3.63) is 64.1 Å². The molecule has 4 N–H and O–H groups in total. The molecule has 0 radical (unpaired) electrons. The Morgan fingerprint density at radius 2 is 1.97 bits per heavy atom. The smallest absolute Gasteiger partial charge is 0.243 e. The second-order valence-corrected chi connectivity index (χ2v) is 10.1. The number of anilines is 2. The molecule has 3 aromatic rings. The van der Waals surface area contributed by atoms with E-state index in [9.17, 15) is 10.2 Å².